The quantitative estimate of drug-likeness (QED) is 0.427. The molecule has 3 fully saturated rings. The van der Waals surface area contributed by atoms with E-state index in [4.69, 9.17) is 14.5 Å². The first-order valence-electron chi connectivity index (χ1n) is 13.5. The van der Waals surface area contributed by atoms with Gasteiger partial charge in [0.2, 0.25) is 11.8 Å². The first kappa shape index (κ1) is 30.3. The molecule has 3 atom stereocenters. The number of nitrogens with zero attached hydrogens (tertiary/aromatic N) is 3. The topological polar surface area (TPSA) is 157 Å². The maximum Gasteiger partial charge on any atom is 0.409 e. The summed E-state index contributed by atoms with van der Waals surface area (Å²) in [6, 6.07) is 2.13. The summed E-state index contributed by atoms with van der Waals surface area (Å²) < 4.78 is 45.1. The molecule has 4 amide bonds. The molecule has 0 saturated carbocycles. The van der Waals surface area contributed by atoms with Gasteiger partial charge in [0, 0.05) is 35.9 Å². The van der Waals surface area contributed by atoms with E-state index in [1.165, 1.54) is 24.1 Å². The fourth-order valence-electron chi connectivity index (χ4n) is 5.91. The van der Waals surface area contributed by atoms with Gasteiger partial charge in [0.15, 0.2) is 0 Å². The van der Waals surface area contributed by atoms with Gasteiger partial charge in [-0.05, 0) is 55.7 Å². The second kappa shape index (κ2) is 11.5. The van der Waals surface area contributed by atoms with E-state index < -0.39 is 48.8 Å². The van der Waals surface area contributed by atoms with Crippen molar-refractivity contribution in [1.82, 2.24) is 20.0 Å². The molecule has 2 aromatic rings. The number of alkyl halides is 2. The largest absolute Gasteiger partial charge is 0.453 e. The van der Waals surface area contributed by atoms with Crippen LogP contribution in [0.15, 0.2) is 24.3 Å². The molecule has 0 aliphatic carbocycles. The Morgan fingerprint density at radius 3 is 2.45 bits per heavy atom. The normalized spacial score (nSPS) is 23.5. The number of nitrogens with one attached hydrogen (secondary N) is 1. The average Bonchev–Trinajstić information content (AvgIpc) is 3.71. The molecular formula is C26H31F2N4O8PS. The van der Waals surface area contributed by atoms with E-state index in [0.29, 0.717) is 37.1 Å². The van der Waals surface area contributed by atoms with Gasteiger partial charge in [-0.3, -0.25) is 18.9 Å². The van der Waals surface area contributed by atoms with Gasteiger partial charge < -0.3 is 34.5 Å². The SMILES string of the molecule is COC(=O)N1CC[C@H]2CC[C@@H](C(=O)N3CCCC3)N2C(=O)[C@@H](NC(=O)c2cc3cc(C(F)(F)P(=O)(O)O)ccc3s2)C1. The third kappa shape index (κ3) is 5.62. The molecular weight excluding hydrogens is 597 g/mol. The molecule has 3 saturated heterocycles. The zero-order chi connectivity index (χ0) is 30.4. The van der Waals surface area contributed by atoms with Crippen molar-refractivity contribution >= 4 is 52.8 Å². The number of ether oxygens (including phenoxy) is 1. The number of methoxy groups -OCH3 is 1. The first-order valence-corrected chi connectivity index (χ1v) is 16.0. The lowest BCUT2D eigenvalue weighted by atomic mass is 10.1. The Bertz CT molecular complexity index is 1460. The lowest BCUT2D eigenvalue weighted by Crippen LogP contribution is -2.61. The number of carbonyl (C=O) groups is 4. The van der Waals surface area contributed by atoms with Crippen LogP contribution in [-0.2, 0) is 24.6 Å². The highest BCUT2D eigenvalue weighted by molar-refractivity contribution is 7.52. The smallest absolute Gasteiger partial charge is 0.409 e. The molecule has 1 aromatic heterocycles. The minimum Gasteiger partial charge on any atom is -0.453 e. The number of hydrogen-bond donors (Lipinski definition) is 3. The van der Waals surface area contributed by atoms with Gasteiger partial charge >= 0.3 is 19.4 Å². The number of hydrogen-bond acceptors (Lipinski definition) is 7. The van der Waals surface area contributed by atoms with Crippen molar-refractivity contribution in [1.29, 1.82) is 0 Å². The van der Waals surface area contributed by atoms with Crippen LogP contribution in [0.2, 0.25) is 0 Å². The third-order valence-corrected chi connectivity index (χ3v) is 10.2. The van der Waals surface area contributed by atoms with Gasteiger partial charge in [-0.15, -0.1) is 11.3 Å². The summed E-state index contributed by atoms with van der Waals surface area (Å²) in [5.41, 5.74) is -5.31. The minimum absolute atomic E-state index is 0.0591. The van der Waals surface area contributed by atoms with Gasteiger partial charge in [-0.1, -0.05) is 6.07 Å². The van der Waals surface area contributed by atoms with Crippen molar-refractivity contribution in [3.63, 3.8) is 0 Å². The molecule has 12 nitrogen and oxygen atoms in total. The van der Waals surface area contributed by atoms with Crippen LogP contribution in [0.5, 0.6) is 0 Å². The number of benzene rings is 1. The van der Waals surface area contributed by atoms with Crippen LogP contribution in [0.1, 0.15) is 47.3 Å². The van der Waals surface area contributed by atoms with Gasteiger partial charge in [0.05, 0.1) is 18.5 Å². The second-order valence-corrected chi connectivity index (χ2v) is 13.4. The molecule has 42 heavy (non-hydrogen) atoms. The highest BCUT2D eigenvalue weighted by Gasteiger charge is 2.50. The summed E-state index contributed by atoms with van der Waals surface area (Å²) in [7, 11) is -4.57. The van der Waals surface area contributed by atoms with Gasteiger partial charge in [0.25, 0.3) is 5.91 Å². The Hall–Kier alpha value is -3.13. The van der Waals surface area contributed by atoms with E-state index in [1.54, 1.807) is 9.80 Å². The summed E-state index contributed by atoms with van der Waals surface area (Å²) in [5, 5.41) is 2.83. The molecule has 5 rings (SSSR count). The Balaban J connectivity index is 1.41. The van der Waals surface area contributed by atoms with Crippen LogP contribution in [0.4, 0.5) is 13.6 Å². The predicted octanol–water partition coefficient (Wildman–Crippen LogP) is 2.68. The van der Waals surface area contributed by atoms with Crippen molar-refractivity contribution in [3.8, 4) is 0 Å². The predicted molar refractivity (Wildman–Crippen MR) is 147 cm³/mol. The monoisotopic (exact) mass is 628 g/mol. The standard InChI is InChI=1S/C26H31F2N4O8PS/c1-40-25(36)31-11-8-17-5-6-19(24(35)30-9-2-3-10-30)32(17)23(34)18(14-31)29-22(33)21-13-15-12-16(4-7-20(15)42-21)26(27,28)41(37,38)39/h4,7,12-13,17-19H,2-3,5-6,8-11,14H2,1H3,(H,29,33)(H2,37,38,39)/t17-,18+,19+/m1/s1. The average molecular weight is 629 g/mol. The molecule has 0 unspecified atom stereocenters. The van der Waals surface area contributed by atoms with Crippen molar-refractivity contribution in [2.75, 3.05) is 33.3 Å². The molecule has 228 valence electrons. The van der Waals surface area contributed by atoms with Crippen LogP contribution in [0.3, 0.4) is 0 Å². The molecule has 3 aliphatic rings. The van der Waals surface area contributed by atoms with Crippen LogP contribution >= 0.6 is 18.9 Å². The molecule has 16 heteroatoms. The van der Waals surface area contributed by atoms with E-state index in [9.17, 15) is 32.5 Å². The number of carbonyl (C=O) groups excluding carboxylic acids is 4. The number of amides is 4. The van der Waals surface area contributed by atoms with Gasteiger partial charge in [0.1, 0.15) is 12.1 Å². The van der Waals surface area contributed by atoms with E-state index in [2.05, 4.69) is 5.32 Å². The highest BCUT2D eigenvalue weighted by atomic mass is 32.1. The summed E-state index contributed by atoms with van der Waals surface area (Å²) >= 11 is 0.943. The Labute approximate surface area is 243 Å². The van der Waals surface area contributed by atoms with E-state index in [1.807, 2.05) is 0 Å². The van der Waals surface area contributed by atoms with Crippen molar-refractivity contribution in [3.05, 3.63) is 34.7 Å². The van der Waals surface area contributed by atoms with E-state index >= 15 is 0 Å². The van der Waals surface area contributed by atoms with Crippen LogP contribution in [0, 0.1) is 0 Å². The molecule has 0 spiro atoms. The lowest BCUT2D eigenvalue weighted by molar-refractivity contribution is -0.147. The fourth-order valence-corrected chi connectivity index (χ4v) is 7.33. The Morgan fingerprint density at radius 2 is 1.79 bits per heavy atom. The molecule has 1 aromatic carbocycles. The first-order chi connectivity index (χ1) is 19.8. The van der Waals surface area contributed by atoms with Crippen LogP contribution in [0.25, 0.3) is 10.1 Å². The van der Waals surface area contributed by atoms with Crippen LogP contribution in [-0.4, -0.2) is 99.7 Å². The third-order valence-electron chi connectivity index (χ3n) is 8.08. The number of likely N-dealkylation sites (tertiary alicyclic amines) is 1. The van der Waals surface area contributed by atoms with Crippen LogP contribution < -0.4 is 5.32 Å². The van der Waals surface area contributed by atoms with Crippen molar-refractivity contribution in [2.45, 2.75) is 55.9 Å². The number of thiophene rings is 1. The summed E-state index contributed by atoms with van der Waals surface area (Å²) in [4.78, 5) is 76.0. The molecule has 0 bridgehead atoms. The number of halogens is 2. The second-order valence-electron chi connectivity index (χ2n) is 10.7. The summed E-state index contributed by atoms with van der Waals surface area (Å²) in [5.74, 6) is -1.32. The minimum atomic E-state index is -5.79. The number of fused-ring (bicyclic) bond motifs is 2. The maximum absolute atomic E-state index is 14.3. The van der Waals surface area contributed by atoms with Gasteiger partial charge in [-0.2, -0.15) is 8.78 Å². The zero-order valence-corrected chi connectivity index (χ0v) is 24.4. The van der Waals surface area contributed by atoms with Crippen molar-refractivity contribution in [2.24, 2.45) is 0 Å². The molecule has 3 N–H and O–H groups in total. The summed E-state index contributed by atoms with van der Waals surface area (Å²) in [6.07, 6.45) is 2.63. The highest BCUT2D eigenvalue weighted by Crippen LogP contribution is 2.59. The molecule has 3 aliphatic heterocycles. The maximum atomic E-state index is 14.3. The van der Waals surface area contributed by atoms with E-state index in [-0.39, 0.29) is 35.3 Å². The summed E-state index contributed by atoms with van der Waals surface area (Å²) in [6.45, 7) is 1.31. The lowest BCUT2D eigenvalue weighted by Gasteiger charge is -2.38. The Morgan fingerprint density at radius 1 is 1.07 bits per heavy atom. The molecule has 4 heterocycles. The zero-order valence-electron chi connectivity index (χ0n) is 22.7. The van der Waals surface area contributed by atoms with E-state index in [0.717, 1.165) is 36.3 Å². The molecule has 0 radical (unpaired) electrons. The number of rotatable bonds is 5. The van der Waals surface area contributed by atoms with Crippen molar-refractivity contribution < 1.29 is 47.0 Å². The van der Waals surface area contributed by atoms with Gasteiger partial charge in [-0.25, -0.2) is 4.79 Å². The Kier molecular flexibility index (Phi) is 8.31. The fraction of sp³-hybridized carbons (Fsp3) is 0.538.